The summed E-state index contributed by atoms with van der Waals surface area (Å²) in [5.74, 6) is 0.0380. The highest BCUT2D eigenvalue weighted by Crippen LogP contribution is 2.21. The lowest BCUT2D eigenvalue weighted by Gasteiger charge is -2.12. The molecule has 1 aromatic rings. The van der Waals surface area contributed by atoms with Crippen molar-refractivity contribution in [2.24, 2.45) is 4.99 Å². The molecule has 0 heterocycles. The van der Waals surface area contributed by atoms with Crippen LogP contribution in [0.25, 0.3) is 0 Å². The van der Waals surface area contributed by atoms with Crippen molar-refractivity contribution in [2.75, 3.05) is 0 Å². The second-order valence-electron chi connectivity index (χ2n) is 3.44. The molecule has 0 spiro atoms. The Bertz CT molecular complexity index is 502. The van der Waals surface area contributed by atoms with Gasteiger partial charge in [-0.15, -0.1) is 0 Å². The lowest BCUT2D eigenvalue weighted by Crippen LogP contribution is -2.18. The summed E-state index contributed by atoms with van der Waals surface area (Å²) in [5.41, 5.74) is 0.459. The van der Waals surface area contributed by atoms with Gasteiger partial charge in [0.05, 0.1) is 6.54 Å². The van der Waals surface area contributed by atoms with Crippen molar-refractivity contribution >= 4 is 5.71 Å². The molecule has 0 aromatic heterocycles. The second-order valence-corrected chi connectivity index (χ2v) is 3.44. The molecule has 1 rings (SSSR count). The molecule has 0 saturated carbocycles. The summed E-state index contributed by atoms with van der Waals surface area (Å²) in [7, 11) is 0. The Hall–Kier alpha value is -2.47. The van der Waals surface area contributed by atoms with Crippen LogP contribution in [-0.4, -0.2) is 11.8 Å². The van der Waals surface area contributed by atoms with E-state index >= 15 is 0 Å². The van der Waals surface area contributed by atoms with Crippen LogP contribution in [0.2, 0.25) is 0 Å². The Kier molecular flexibility index (Phi) is 4.33. The first-order chi connectivity index (χ1) is 8.44. The van der Waals surface area contributed by atoms with Gasteiger partial charge in [-0.3, -0.25) is 4.99 Å². The smallest absolute Gasteiger partial charge is 0.394 e. The van der Waals surface area contributed by atoms with Gasteiger partial charge in [0.15, 0.2) is 0 Å². The van der Waals surface area contributed by atoms with Crippen LogP contribution in [-0.2, 0) is 6.54 Å². The van der Waals surface area contributed by atoms with Crippen molar-refractivity contribution in [1.29, 1.82) is 10.5 Å². The number of alkyl halides is 2. The van der Waals surface area contributed by atoms with E-state index in [1.54, 1.807) is 12.1 Å². The third kappa shape index (κ3) is 4.58. The van der Waals surface area contributed by atoms with Gasteiger partial charge in [0.25, 0.3) is 0 Å². The molecule has 0 saturated heterocycles. The third-order valence-electron chi connectivity index (χ3n) is 1.85. The fourth-order valence-electron chi connectivity index (χ4n) is 1.14. The summed E-state index contributed by atoms with van der Waals surface area (Å²) in [6.45, 7) is 0.788. The number of ether oxygens (including phenoxy) is 1. The number of hydrogen-bond acceptors (Lipinski definition) is 4. The minimum atomic E-state index is -3.23. The van der Waals surface area contributed by atoms with Gasteiger partial charge in [-0.05, 0) is 17.7 Å². The zero-order valence-corrected chi connectivity index (χ0v) is 9.52. The molecule has 0 radical (unpaired) electrons. The summed E-state index contributed by atoms with van der Waals surface area (Å²) in [5, 5.41) is 16.9. The van der Waals surface area contributed by atoms with Gasteiger partial charge in [-0.1, -0.05) is 12.1 Å². The zero-order chi connectivity index (χ0) is 13.6. The van der Waals surface area contributed by atoms with Crippen LogP contribution in [0, 0.1) is 22.7 Å². The largest absolute Gasteiger partial charge is 0.433 e. The minimum absolute atomic E-state index is 0.0380. The maximum absolute atomic E-state index is 12.5. The number of nitrogens with zero attached hydrogens (tertiary/aromatic N) is 3. The fraction of sp³-hybridized carbons (Fsp3) is 0.250. The van der Waals surface area contributed by atoms with Gasteiger partial charge in [0.2, 0.25) is 5.71 Å². The molecule has 4 nitrogen and oxygen atoms in total. The van der Waals surface area contributed by atoms with E-state index in [0.29, 0.717) is 12.5 Å². The van der Waals surface area contributed by atoms with E-state index in [1.807, 2.05) is 0 Å². The highest BCUT2D eigenvalue weighted by molar-refractivity contribution is 6.10. The second kappa shape index (κ2) is 5.74. The molecule has 6 heteroatoms. The van der Waals surface area contributed by atoms with Crippen LogP contribution < -0.4 is 4.74 Å². The van der Waals surface area contributed by atoms with Gasteiger partial charge in [-0.2, -0.15) is 19.3 Å². The number of rotatable bonds is 4. The molecule has 1 aromatic carbocycles. The van der Waals surface area contributed by atoms with E-state index in [0.717, 1.165) is 0 Å². The van der Waals surface area contributed by atoms with E-state index in [4.69, 9.17) is 10.5 Å². The van der Waals surface area contributed by atoms with Crippen LogP contribution in [0.3, 0.4) is 0 Å². The fourth-order valence-corrected chi connectivity index (χ4v) is 1.14. The van der Waals surface area contributed by atoms with Crippen LogP contribution in [0.5, 0.6) is 5.75 Å². The maximum atomic E-state index is 12.5. The average Bonchev–Trinajstić information content (AvgIpc) is 2.30. The molecule has 18 heavy (non-hydrogen) atoms. The van der Waals surface area contributed by atoms with Gasteiger partial charge < -0.3 is 4.74 Å². The van der Waals surface area contributed by atoms with E-state index in [9.17, 15) is 8.78 Å². The SMILES string of the molecule is CC(F)(F)Oc1ccc(CN=C(C#N)C#N)cc1. The molecular formula is C12H9F2N3O. The predicted molar refractivity (Wildman–Crippen MR) is 60.1 cm³/mol. The first kappa shape index (κ1) is 13.6. The monoisotopic (exact) mass is 249 g/mol. The molecule has 0 aliphatic rings. The lowest BCUT2D eigenvalue weighted by atomic mass is 10.2. The third-order valence-corrected chi connectivity index (χ3v) is 1.85. The van der Waals surface area contributed by atoms with E-state index in [2.05, 4.69) is 9.73 Å². The number of aliphatic imine (C=N–C) groups is 1. The minimum Gasteiger partial charge on any atom is -0.433 e. The standard InChI is InChI=1S/C12H9F2N3O/c1-12(13,14)18-11-4-2-9(3-5-11)8-17-10(6-15)7-16/h2-5H,8H2,1H3. The Labute approximate surface area is 103 Å². The van der Waals surface area contributed by atoms with Crippen LogP contribution in [0.4, 0.5) is 8.78 Å². The van der Waals surface area contributed by atoms with Crippen molar-refractivity contribution in [3.8, 4) is 17.9 Å². The Morgan fingerprint density at radius 2 is 1.83 bits per heavy atom. The quantitative estimate of drug-likeness (QED) is 0.770. The number of hydrogen-bond donors (Lipinski definition) is 0. The lowest BCUT2D eigenvalue weighted by molar-refractivity contribution is -0.158. The number of nitriles is 2. The van der Waals surface area contributed by atoms with Gasteiger partial charge in [-0.25, -0.2) is 0 Å². The summed E-state index contributed by atoms with van der Waals surface area (Å²) >= 11 is 0. The summed E-state index contributed by atoms with van der Waals surface area (Å²) in [4.78, 5) is 3.74. The van der Waals surface area contributed by atoms with E-state index in [-0.39, 0.29) is 18.0 Å². The molecule has 0 amide bonds. The Morgan fingerprint density at radius 1 is 1.28 bits per heavy atom. The summed E-state index contributed by atoms with van der Waals surface area (Å²) in [6.07, 6.45) is -3.23. The molecule has 0 fully saturated rings. The van der Waals surface area contributed by atoms with Crippen LogP contribution in [0.1, 0.15) is 12.5 Å². The molecule has 0 atom stereocenters. The predicted octanol–water partition coefficient (Wildman–Crippen LogP) is 2.67. The Balaban J connectivity index is 2.71. The van der Waals surface area contributed by atoms with Gasteiger partial charge >= 0.3 is 6.11 Å². The number of benzene rings is 1. The number of halogens is 2. The highest BCUT2D eigenvalue weighted by atomic mass is 19.3. The first-order valence-corrected chi connectivity index (χ1v) is 4.95. The first-order valence-electron chi connectivity index (χ1n) is 4.95. The summed E-state index contributed by atoms with van der Waals surface area (Å²) < 4.78 is 29.4. The molecule has 0 N–H and O–H groups in total. The van der Waals surface area contributed by atoms with Crippen molar-refractivity contribution in [2.45, 2.75) is 19.6 Å². The van der Waals surface area contributed by atoms with Crippen molar-refractivity contribution in [3.05, 3.63) is 29.8 Å². The zero-order valence-electron chi connectivity index (χ0n) is 9.52. The maximum Gasteiger partial charge on any atom is 0.394 e. The van der Waals surface area contributed by atoms with E-state index in [1.165, 1.54) is 24.3 Å². The molecule has 0 bridgehead atoms. The summed E-state index contributed by atoms with van der Waals surface area (Å²) in [6, 6.07) is 9.09. The van der Waals surface area contributed by atoms with E-state index < -0.39 is 6.11 Å². The van der Waals surface area contributed by atoms with Crippen molar-refractivity contribution < 1.29 is 13.5 Å². The topological polar surface area (TPSA) is 69.2 Å². The van der Waals surface area contributed by atoms with Crippen LogP contribution >= 0.6 is 0 Å². The van der Waals surface area contributed by atoms with Crippen molar-refractivity contribution in [3.63, 3.8) is 0 Å². The molecule has 92 valence electrons. The van der Waals surface area contributed by atoms with Crippen molar-refractivity contribution in [1.82, 2.24) is 0 Å². The highest BCUT2D eigenvalue weighted by Gasteiger charge is 2.22. The average molecular weight is 249 g/mol. The van der Waals surface area contributed by atoms with Gasteiger partial charge in [0, 0.05) is 6.92 Å². The molecule has 0 aliphatic carbocycles. The molecule has 0 aliphatic heterocycles. The van der Waals surface area contributed by atoms with Gasteiger partial charge in [0.1, 0.15) is 17.9 Å². The molecular weight excluding hydrogens is 240 g/mol. The normalized spacial score (nSPS) is 10.1. The van der Waals surface area contributed by atoms with Crippen LogP contribution in [0.15, 0.2) is 29.3 Å². The Morgan fingerprint density at radius 3 is 2.28 bits per heavy atom. The molecule has 0 unspecified atom stereocenters.